The molecule has 1 atom stereocenters. The molecule has 0 aliphatic heterocycles. The minimum absolute atomic E-state index is 0.249. The van der Waals surface area contributed by atoms with Crippen molar-refractivity contribution >= 4 is 22.6 Å². The number of aromatic nitrogens is 2. The first-order chi connectivity index (χ1) is 10.0. The molecule has 1 heterocycles. The molecule has 0 spiro atoms. The summed E-state index contributed by atoms with van der Waals surface area (Å²) >= 11 is 2.29. The summed E-state index contributed by atoms with van der Waals surface area (Å²) in [6.45, 7) is 1.68. The van der Waals surface area contributed by atoms with Gasteiger partial charge in [-0.25, -0.2) is 0 Å². The topological polar surface area (TPSA) is 56.3 Å². The Morgan fingerprint density at radius 1 is 1.33 bits per heavy atom. The zero-order chi connectivity index (χ0) is 15.4. The summed E-state index contributed by atoms with van der Waals surface area (Å²) in [7, 11) is 5.73. The third kappa shape index (κ3) is 3.96. The smallest absolute Gasteiger partial charge is 0.161 e. The quantitative estimate of drug-likeness (QED) is 0.755. The molecule has 5 nitrogen and oxygen atoms in total. The number of likely N-dealkylation sites (N-methyl/N-ethyl adjacent to an activating group) is 1. The molecule has 21 heavy (non-hydrogen) atoms. The lowest BCUT2D eigenvalue weighted by Gasteiger charge is -2.17. The van der Waals surface area contributed by atoms with Crippen LogP contribution in [-0.4, -0.2) is 42.4 Å². The van der Waals surface area contributed by atoms with E-state index in [1.165, 1.54) is 3.57 Å². The number of benzene rings is 1. The molecule has 1 aromatic heterocycles. The summed E-state index contributed by atoms with van der Waals surface area (Å²) in [6.07, 6.45) is 1.73. The molecule has 2 N–H and O–H groups in total. The van der Waals surface area contributed by atoms with E-state index in [0.717, 1.165) is 30.1 Å². The normalized spacial score (nSPS) is 12.7. The predicted molar refractivity (Wildman–Crippen MR) is 92.5 cm³/mol. The molecule has 0 saturated heterocycles. The van der Waals surface area contributed by atoms with E-state index in [-0.39, 0.29) is 6.04 Å². The van der Waals surface area contributed by atoms with Crippen LogP contribution in [0.15, 0.2) is 30.5 Å². The molecule has 6 heteroatoms. The SMILES string of the molecule is COc1cnn(CCN(C)C)c1C(N)c1ccc(I)cc1. The molecule has 2 rings (SSSR count). The summed E-state index contributed by atoms with van der Waals surface area (Å²) in [5, 5.41) is 4.41. The van der Waals surface area contributed by atoms with Crippen LogP contribution < -0.4 is 10.5 Å². The second-order valence-electron chi connectivity index (χ2n) is 5.15. The van der Waals surface area contributed by atoms with Crippen LogP contribution in [0.1, 0.15) is 17.3 Å². The van der Waals surface area contributed by atoms with Gasteiger partial charge in [-0.1, -0.05) is 12.1 Å². The Hall–Kier alpha value is -1.12. The van der Waals surface area contributed by atoms with E-state index in [0.29, 0.717) is 0 Å². The number of ether oxygens (including phenoxy) is 1. The lowest BCUT2D eigenvalue weighted by molar-refractivity contribution is 0.363. The third-order valence-corrected chi connectivity index (χ3v) is 4.07. The third-order valence-electron chi connectivity index (χ3n) is 3.35. The molecule has 0 aliphatic rings. The van der Waals surface area contributed by atoms with E-state index in [4.69, 9.17) is 10.5 Å². The van der Waals surface area contributed by atoms with Crippen molar-refractivity contribution < 1.29 is 4.74 Å². The fourth-order valence-electron chi connectivity index (χ4n) is 2.15. The van der Waals surface area contributed by atoms with Crippen molar-refractivity contribution in [3.05, 3.63) is 45.3 Å². The van der Waals surface area contributed by atoms with Gasteiger partial charge in [-0.2, -0.15) is 5.10 Å². The monoisotopic (exact) mass is 400 g/mol. The average molecular weight is 400 g/mol. The van der Waals surface area contributed by atoms with Gasteiger partial charge in [-0.15, -0.1) is 0 Å². The first kappa shape index (κ1) is 16.3. The molecule has 0 bridgehead atoms. The highest BCUT2D eigenvalue weighted by atomic mass is 127. The summed E-state index contributed by atoms with van der Waals surface area (Å²) < 4.78 is 8.54. The van der Waals surface area contributed by atoms with Crippen molar-refractivity contribution in [3.8, 4) is 5.75 Å². The molecule has 1 aromatic carbocycles. The largest absolute Gasteiger partial charge is 0.493 e. The Balaban J connectivity index is 2.31. The van der Waals surface area contributed by atoms with Crippen molar-refractivity contribution in [3.63, 3.8) is 0 Å². The Kier molecular flexibility index (Phi) is 5.60. The lowest BCUT2D eigenvalue weighted by Crippen LogP contribution is -2.23. The molecule has 0 fully saturated rings. The molecular weight excluding hydrogens is 379 g/mol. The fourth-order valence-corrected chi connectivity index (χ4v) is 2.51. The summed E-state index contributed by atoms with van der Waals surface area (Å²) in [5.74, 6) is 0.736. The van der Waals surface area contributed by atoms with E-state index in [2.05, 4.69) is 56.9 Å². The van der Waals surface area contributed by atoms with Gasteiger partial charge < -0.3 is 15.4 Å². The van der Waals surface area contributed by atoms with Crippen molar-refractivity contribution in [2.45, 2.75) is 12.6 Å². The maximum atomic E-state index is 6.44. The molecule has 0 radical (unpaired) electrons. The first-order valence-electron chi connectivity index (χ1n) is 6.78. The van der Waals surface area contributed by atoms with E-state index in [1.807, 2.05) is 18.8 Å². The van der Waals surface area contributed by atoms with Crippen LogP contribution in [0.25, 0.3) is 0 Å². The highest BCUT2D eigenvalue weighted by Gasteiger charge is 2.20. The molecule has 0 saturated carbocycles. The number of methoxy groups -OCH3 is 1. The van der Waals surface area contributed by atoms with Crippen LogP contribution in [0.5, 0.6) is 5.75 Å². The number of hydrogen-bond acceptors (Lipinski definition) is 4. The minimum atomic E-state index is -0.249. The van der Waals surface area contributed by atoms with E-state index in [9.17, 15) is 0 Å². The van der Waals surface area contributed by atoms with Crippen LogP contribution in [0.3, 0.4) is 0 Å². The van der Waals surface area contributed by atoms with Gasteiger partial charge in [0.25, 0.3) is 0 Å². The van der Waals surface area contributed by atoms with Crippen LogP contribution in [0, 0.1) is 3.57 Å². The molecule has 1 unspecified atom stereocenters. The van der Waals surface area contributed by atoms with Crippen molar-refractivity contribution in [2.75, 3.05) is 27.7 Å². The van der Waals surface area contributed by atoms with Gasteiger partial charge in [0.05, 0.1) is 25.9 Å². The zero-order valence-corrected chi connectivity index (χ0v) is 14.7. The highest BCUT2D eigenvalue weighted by molar-refractivity contribution is 14.1. The van der Waals surface area contributed by atoms with Gasteiger partial charge in [0.1, 0.15) is 5.69 Å². The second-order valence-corrected chi connectivity index (χ2v) is 6.40. The van der Waals surface area contributed by atoms with Gasteiger partial charge in [-0.05, 0) is 54.4 Å². The van der Waals surface area contributed by atoms with E-state index in [1.54, 1.807) is 13.3 Å². The van der Waals surface area contributed by atoms with E-state index < -0.39 is 0 Å². The molecular formula is C15H21IN4O. The molecule has 2 aromatic rings. The maximum absolute atomic E-state index is 6.44. The minimum Gasteiger partial charge on any atom is -0.493 e. The van der Waals surface area contributed by atoms with Gasteiger partial charge >= 0.3 is 0 Å². The Morgan fingerprint density at radius 2 is 2.00 bits per heavy atom. The van der Waals surface area contributed by atoms with Gasteiger partial charge in [0.2, 0.25) is 0 Å². The van der Waals surface area contributed by atoms with E-state index >= 15 is 0 Å². The van der Waals surface area contributed by atoms with Crippen LogP contribution in [0.2, 0.25) is 0 Å². The maximum Gasteiger partial charge on any atom is 0.161 e. The number of halogens is 1. The predicted octanol–water partition coefficient (Wildman–Crippen LogP) is 2.11. The van der Waals surface area contributed by atoms with Crippen LogP contribution >= 0.6 is 22.6 Å². The number of nitrogens with zero attached hydrogens (tertiary/aromatic N) is 3. The summed E-state index contributed by atoms with van der Waals surface area (Å²) in [4.78, 5) is 2.12. The second kappa shape index (κ2) is 7.24. The standard InChI is InChI=1S/C15H21IN4O/c1-19(2)8-9-20-15(13(21-3)10-18-20)14(17)11-4-6-12(16)7-5-11/h4-7,10,14H,8-9,17H2,1-3H3. The molecule has 114 valence electrons. The van der Waals surface area contributed by atoms with Crippen molar-refractivity contribution in [1.82, 2.24) is 14.7 Å². The van der Waals surface area contributed by atoms with Gasteiger partial charge in [0, 0.05) is 10.1 Å². The Labute approximate surface area is 139 Å². The van der Waals surface area contributed by atoms with Crippen LogP contribution in [-0.2, 0) is 6.54 Å². The average Bonchev–Trinajstić information content (AvgIpc) is 2.88. The van der Waals surface area contributed by atoms with Gasteiger partial charge in [0.15, 0.2) is 5.75 Å². The van der Waals surface area contributed by atoms with Crippen molar-refractivity contribution in [1.29, 1.82) is 0 Å². The number of nitrogens with two attached hydrogens (primary N) is 1. The number of rotatable bonds is 6. The first-order valence-corrected chi connectivity index (χ1v) is 7.86. The fraction of sp³-hybridized carbons (Fsp3) is 0.400. The number of hydrogen-bond donors (Lipinski definition) is 1. The summed E-state index contributed by atoms with van der Waals surface area (Å²) in [6, 6.07) is 7.97. The Morgan fingerprint density at radius 3 is 2.57 bits per heavy atom. The summed E-state index contributed by atoms with van der Waals surface area (Å²) in [5.41, 5.74) is 8.41. The Bertz CT molecular complexity index is 580. The van der Waals surface area contributed by atoms with Gasteiger partial charge in [-0.3, -0.25) is 4.68 Å². The highest BCUT2D eigenvalue weighted by Crippen LogP contribution is 2.28. The molecule has 0 aliphatic carbocycles. The van der Waals surface area contributed by atoms with Crippen LogP contribution in [0.4, 0.5) is 0 Å². The van der Waals surface area contributed by atoms with Crippen molar-refractivity contribution in [2.24, 2.45) is 5.73 Å². The molecule has 0 amide bonds. The lowest BCUT2D eigenvalue weighted by atomic mass is 10.0. The zero-order valence-electron chi connectivity index (χ0n) is 12.6.